The summed E-state index contributed by atoms with van der Waals surface area (Å²) in [6.45, 7) is 5.60. The maximum absolute atomic E-state index is 5.62. The van der Waals surface area contributed by atoms with Crippen LogP contribution in [0.4, 0.5) is 0 Å². The second-order valence-electron chi connectivity index (χ2n) is 4.36. The lowest BCUT2D eigenvalue weighted by Crippen LogP contribution is -2.27. The van der Waals surface area contributed by atoms with Crippen molar-refractivity contribution in [1.29, 1.82) is 0 Å². The molecule has 0 aromatic carbocycles. The van der Waals surface area contributed by atoms with Crippen molar-refractivity contribution in [2.24, 2.45) is 17.1 Å². The quantitative estimate of drug-likeness (QED) is 0.595. The monoisotopic (exact) mass is 141 g/mol. The Morgan fingerprint density at radius 2 is 2.20 bits per heavy atom. The largest absolute Gasteiger partial charge is 0.330 e. The van der Waals surface area contributed by atoms with Gasteiger partial charge in [-0.15, -0.1) is 0 Å². The van der Waals surface area contributed by atoms with Crippen LogP contribution in [0.25, 0.3) is 0 Å². The maximum atomic E-state index is 5.62. The van der Waals surface area contributed by atoms with E-state index in [2.05, 4.69) is 13.8 Å². The molecule has 1 atom stereocenters. The Bertz CT molecular complexity index is 107. The van der Waals surface area contributed by atoms with E-state index in [9.17, 15) is 0 Å². The van der Waals surface area contributed by atoms with Crippen LogP contribution >= 0.6 is 0 Å². The van der Waals surface area contributed by atoms with Crippen LogP contribution in [0.1, 0.15) is 39.5 Å². The summed E-state index contributed by atoms with van der Waals surface area (Å²) in [6.07, 6.45) is 5.47. The van der Waals surface area contributed by atoms with Crippen LogP contribution in [-0.2, 0) is 0 Å². The first-order valence-electron chi connectivity index (χ1n) is 4.34. The van der Waals surface area contributed by atoms with E-state index in [1.807, 2.05) is 0 Å². The van der Waals surface area contributed by atoms with Crippen LogP contribution in [0.2, 0.25) is 0 Å². The molecule has 0 aromatic heterocycles. The summed E-state index contributed by atoms with van der Waals surface area (Å²) in [5, 5.41) is 0. The van der Waals surface area contributed by atoms with E-state index >= 15 is 0 Å². The minimum Gasteiger partial charge on any atom is -0.330 e. The highest BCUT2D eigenvalue weighted by atomic mass is 14.6. The van der Waals surface area contributed by atoms with Crippen molar-refractivity contribution in [3.05, 3.63) is 0 Å². The molecule has 1 rings (SSSR count). The molecule has 0 saturated heterocycles. The van der Waals surface area contributed by atoms with Crippen molar-refractivity contribution < 1.29 is 0 Å². The third-order valence-corrected chi connectivity index (χ3v) is 2.64. The fourth-order valence-corrected chi connectivity index (χ4v) is 2.06. The molecule has 1 aliphatic carbocycles. The minimum atomic E-state index is 0.572. The Labute approximate surface area is 64.0 Å². The highest BCUT2D eigenvalue weighted by molar-refractivity contribution is 4.79. The van der Waals surface area contributed by atoms with Crippen molar-refractivity contribution in [2.45, 2.75) is 39.5 Å². The Kier molecular flexibility index (Phi) is 2.35. The first-order chi connectivity index (χ1) is 4.64. The van der Waals surface area contributed by atoms with Gasteiger partial charge in [0.25, 0.3) is 0 Å². The van der Waals surface area contributed by atoms with Crippen LogP contribution in [0.15, 0.2) is 0 Å². The van der Waals surface area contributed by atoms with E-state index in [-0.39, 0.29) is 0 Å². The summed E-state index contributed by atoms with van der Waals surface area (Å²) in [5.41, 5.74) is 6.20. The predicted octanol–water partition coefficient (Wildman–Crippen LogP) is 2.16. The van der Waals surface area contributed by atoms with Crippen LogP contribution in [-0.4, -0.2) is 6.54 Å². The lowest BCUT2D eigenvalue weighted by Gasteiger charge is -2.34. The van der Waals surface area contributed by atoms with E-state index in [1.54, 1.807) is 0 Å². The van der Waals surface area contributed by atoms with Gasteiger partial charge in [-0.2, -0.15) is 0 Å². The molecule has 0 heterocycles. The molecule has 2 N–H and O–H groups in total. The Morgan fingerprint density at radius 3 is 2.60 bits per heavy atom. The zero-order valence-electron chi connectivity index (χ0n) is 7.19. The van der Waals surface area contributed by atoms with Gasteiger partial charge in [-0.1, -0.05) is 20.3 Å². The van der Waals surface area contributed by atoms with Gasteiger partial charge in [-0.05, 0) is 37.1 Å². The summed E-state index contributed by atoms with van der Waals surface area (Å²) in [5.74, 6) is 0.809. The average Bonchev–Trinajstić information content (AvgIpc) is 1.86. The Hall–Kier alpha value is -0.0400. The van der Waals surface area contributed by atoms with Crippen LogP contribution < -0.4 is 5.73 Å². The molecule has 0 radical (unpaired) electrons. The van der Waals surface area contributed by atoms with Crippen molar-refractivity contribution in [3.8, 4) is 0 Å². The Morgan fingerprint density at radius 1 is 1.50 bits per heavy atom. The molecule has 0 bridgehead atoms. The van der Waals surface area contributed by atoms with Gasteiger partial charge in [0.2, 0.25) is 0 Å². The minimum absolute atomic E-state index is 0.572. The van der Waals surface area contributed by atoms with Crippen LogP contribution in [0, 0.1) is 11.3 Å². The van der Waals surface area contributed by atoms with E-state index in [0.717, 1.165) is 12.5 Å². The smallest absolute Gasteiger partial charge is 0.00487 e. The first kappa shape index (κ1) is 8.06. The van der Waals surface area contributed by atoms with E-state index < -0.39 is 0 Å². The van der Waals surface area contributed by atoms with Gasteiger partial charge in [0.05, 0.1) is 0 Å². The number of nitrogens with two attached hydrogens (primary N) is 1. The fraction of sp³-hybridized carbons (Fsp3) is 1.00. The Balaban J connectivity index is 2.40. The van der Waals surface area contributed by atoms with Gasteiger partial charge in [0.1, 0.15) is 0 Å². The third kappa shape index (κ3) is 1.98. The highest BCUT2D eigenvalue weighted by Gasteiger charge is 2.26. The molecular weight excluding hydrogens is 122 g/mol. The molecule has 1 saturated carbocycles. The summed E-state index contributed by atoms with van der Waals surface area (Å²) >= 11 is 0. The van der Waals surface area contributed by atoms with Gasteiger partial charge in [0, 0.05) is 0 Å². The van der Waals surface area contributed by atoms with Gasteiger partial charge >= 0.3 is 0 Å². The molecule has 0 spiro atoms. The van der Waals surface area contributed by atoms with Gasteiger partial charge in [-0.25, -0.2) is 0 Å². The van der Waals surface area contributed by atoms with Crippen molar-refractivity contribution in [3.63, 3.8) is 0 Å². The fourth-order valence-electron chi connectivity index (χ4n) is 2.06. The average molecular weight is 141 g/mol. The lowest BCUT2D eigenvalue weighted by molar-refractivity contribution is 0.184. The summed E-state index contributed by atoms with van der Waals surface area (Å²) in [7, 11) is 0. The van der Waals surface area contributed by atoms with Gasteiger partial charge in [-0.3, -0.25) is 0 Å². The molecule has 1 aliphatic rings. The van der Waals surface area contributed by atoms with Crippen LogP contribution in [0.5, 0.6) is 0 Å². The second kappa shape index (κ2) is 2.91. The summed E-state index contributed by atoms with van der Waals surface area (Å²) < 4.78 is 0. The van der Waals surface area contributed by atoms with Crippen molar-refractivity contribution in [1.82, 2.24) is 0 Å². The zero-order valence-corrected chi connectivity index (χ0v) is 7.19. The third-order valence-electron chi connectivity index (χ3n) is 2.64. The van der Waals surface area contributed by atoms with Crippen molar-refractivity contribution in [2.75, 3.05) is 6.54 Å². The molecule has 10 heavy (non-hydrogen) atoms. The molecule has 0 amide bonds. The van der Waals surface area contributed by atoms with E-state index in [1.165, 1.54) is 25.7 Å². The summed E-state index contributed by atoms with van der Waals surface area (Å²) in [6, 6.07) is 0. The molecule has 60 valence electrons. The molecule has 1 nitrogen and oxygen atoms in total. The van der Waals surface area contributed by atoms with E-state index in [4.69, 9.17) is 5.73 Å². The molecule has 0 aliphatic heterocycles. The van der Waals surface area contributed by atoms with Crippen LogP contribution in [0.3, 0.4) is 0 Å². The molecular formula is C9H19N. The normalized spacial score (nSPS) is 32.1. The number of rotatable bonds is 1. The lowest BCUT2D eigenvalue weighted by atomic mass is 9.72. The maximum Gasteiger partial charge on any atom is -0.00487 e. The van der Waals surface area contributed by atoms with Gasteiger partial charge < -0.3 is 5.73 Å². The molecule has 0 aromatic rings. The molecule has 1 fully saturated rings. The van der Waals surface area contributed by atoms with Crippen molar-refractivity contribution >= 4 is 0 Å². The highest BCUT2D eigenvalue weighted by Crippen LogP contribution is 2.37. The summed E-state index contributed by atoms with van der Waals surface area (Å²) in [4.78, 5) is 0. The number of hydrogen-bond acceptors (Lipinski definition) is 1. The zero-order chi connectivity index (χ0) is 7.61. The second-order valence-corrected chi connectivity index (χ2v) is 4.36. The number of hydrogen-bond donors (Lipinski definition) is 1. The molecule has 1 unspecified atom stereocenters. The first-order valence-corrected chi connectivity index (χ1v) is 4.34. The topological polar surface area (TPSA) is 26.0 Å². The van der Waals surface area contributed by atoms with Gasteiger partial charge in [0.15, 0.2) is 0 Å². The standard InChI is InChI=1S/C9H19N/c1-9(2)5-3-4-8(6-9)7-10/h8H,3-7,10H2,1-2H3. The van der Waals surface area contributed by atoms with E-state index in [0.29, 0.717) is 5.41 Å². The SMILES string of the molecule is CC1(C)CCCC(CN)C1. The predicted molar refractivity (Wildman–Crippen MR) is 44.8 cm³/mol. The molecule has 1 heteroatoms.